The second kappa shape index (κ2) is 9.77. The van der Waals surface area contributed by atoms with Gasteiger partial charge in [0.2, 0.25) is 0 Å². The third kappa shape index (κ3) is 7.95. The van der Waals surface area contributed by atoms with Crippen molar-refractivity contribution in [3.8, 4) is 0 Å². The number of cyclic esters (lactones) is 1. The zero-order valence-corrected chi connectivity index (χ0v) is 15.3. The number of hydrogen-bond acceptors (Lipinski definition) is 5. The van der Waals surface area contributed by atoms with Crippen LogP contribution in [0.1, 0.15) is 32.1 Å². The highest BCUT2D eigenvalue weighted by atomic mass is 28.5. The van der Waals surface area contributed by atoms with E-state index in [0.29, 0.717) is 19.4 Å². The topological polar surface area (TPSA) is 54.0 Å². The number of hydrogen-bond donors (Lipinski definition) is 0. The lowest BCUT2D eigenvalue weighted by Crippen LogP contribution is -2.46. The van der Waals surface area contributed by atoms with Gasteiger partial charge in [0.15, 0.2) is 0 Å². The highest BCUT2D eigenvalue weighted by Crippen LogP contribution is 2.17. The normalized spacial score (nSPS) is 30.3. The first-order valence-electron chi connectivity index (χ1n) is 6.73. The maximum atomic E-state index is 11.8. The van der Waals surface area contributed by atoms with Crippen LogP contribution in [0.3, 0.4) is 0 Å². The summed E-state index contributed by atoms with van der Waals surface area (Å²) >= 11 is 0. The zero-order chi connectivity index (χ0) is 14.0. The lowest BCUT2D eigenvalue weighted by atomic mass is 10.2. The Morgan fingerprint density at radius 3 is 2.68 bits per heavy atom. The van der Waals surface area contributed by atoms with Gasteiger partial charge < -0.3 is 17.1 Å². The maximum absolute atomic E-state index is 11.8. The third-order valence-corrected chi connectivity index (χ3v) is 11.4. The molecule has 0 aromatic carbocycles. The number of carbonyl (C=O) groups excluding carboxylic acids is 1. The summed E-state index contributed by atoms with van der Waals surface area (Å²) in [4.78, 5) is 10.5. The molecule has 0 spiro atoms. The number of halogens is 1. The Morgan fingerprint density at radius 1 is 1.26 bits per heavy atom. The van der Waals surface area contributed by atoms with E-state index >= 15 is 0 Å². The van der Waals surface area contributed by atoms with E-state index in [1.807, 2.05) is 6.55 Å². The molecule has 2 aliphatic rings. The summed E-state index contributed by atoms with van der Waals surface area (Å²) in [6, 6.07) is 0.785. The first-order chi connectivity index (χ1) is 9.16. The number of ether oxygens (including phenoxy) is 1. The Kier molecular flexibility index (Phi) is 8.74. The molecule has 2 saturated heterocycles. The first-order valence-corrected chi connectivity index (χ1v) is 11.6. The minimum absolute atomic E-state index is 0.0255. The lowest BCUT2D eigenvalue weighted by Gasteiger charge is -2.31. The van der Waals surface area contributed by atoms with Gasteiger partial charge in [-0.2, -0.15) is 0 Å². The van der Waals surface area contributed by atoms with Gasteiger partial charge in [0.25, 0.3) is 20.0 Å². The Hall–Kier alpha value is -0.0694. The van der Waals surface area contributed by atoms with E-state index in [-0.39, 0.29) is 12.6 Å². The van der Waals surface area contributed by atoms with Crippen molar-refractivity contribution in [3.63, 3.8) is 0 Å². The Labute approximate surface area is 119 Å². The second-order valence-corrected chi connectivity index (χ2v) is 11.9. The van der Waals surface area contributed by atoms with Crippen molar-refractivity contribution in [1.82, 2.24) is 0 Å². The van der Waals surface area contributed by atoms with Crippen molar-refractivity contribution in [3.05, 3.63) is 0 Å². The Bertz CT molecular complexity index is 254. The molecule has 0 aliphatic carbocycles. The van der Waals surface area contributed by atoms with E-state index in [2.05, 4.69) is 0 Å². The minimum Gasteiger partial charge on any atom is -0.466 e. The molecule has 112 valence electrons. The summed E-state index contributed by atoms with van der Waals surface area (Å²) in [6.07, 6.45) is 4.40. The molecule has 2 heterocycles. The Morgan fingerprint density at radius 2 is 2.00 bits per heavy atom. The fourth-order valence-corrected chi connectivity index (χ4v) is 9.19. The van der Waals surface area contributed by atoms with Crippen LogP contribution < -0.4 is 0 Å². The third-order valence-electron chi connectivity index (χ3n) is 2.95. The average Bonchev–Trinajstić information content (AvgIpc) is 2.66. The van der Waals surface area contributed by atoms with Gasteiger partial charge in [0.1, 0.15) is 0 Å². The number of alkyl halides is 1. The molecule has 0 radical (unpaired) electrons. The smallest absolute Gasteiger partial charge is 0.316 e. The van der Waals surface area contributed by atoms with E-state index in [9.17, 15) is 9.18 Å². The lowest BCUT2D eigenvalue weighted by molar-refractivity contribution is -0.142. The van der Waals surface area contributed by atoms with Gasteiger partial charge in [-0.1, -0.05) is 0 Å². The zero-order valence-electron chi connectivity index (χ0n) is 11.5. The maximum Gasteiger partial charge on any atom is 0.316 e. The fraction of sp³-hybridized carbons (Fsp3) is 0.900. The van der Waals surface area contributed by atoms with Crippen LogP contribution in [-0.4, -0.2) is 47.8 Å². The van der Waals surface area contributed by atoms with Crippen LogP contribution in [0.4, 0.5) is 4.39 Å². The molecule has 0 aromatic heterocycles. The largest absolute Gasteiger partial charge is 0.466 e. The number of rotatable bonds is 3. The van der Waals surface area contributed by atoms with E-state index in [4.69, 9.17) is 17.1 Å². The van der Waals surface area contributed by atoms with E-state index in [1.165, 1.54) is 0 Å². The van der Waals surface area contributed by atoms with Crippen molar-refractivity contribution in [2.75, 3.05) is 13.3 Å². The molecule has 0 saturated carbocycles. The molecule has 0 bridgehead atoms. The summed E-state index contributed by atoms with van der Waals surface area (Å²) in [5.74, 6) is -0.0255. The number of carbonyl (C=O) groups is 1. The monoisotopic (exact) mass is 326 g/mol. The second-order valence-electron chi connectivity index (χ2n) is 4.69. The van der Waals surface area contributed by atoms with Crippen molar-refractivity contribution >= 4 is 34.5 Å². The van der Waals surface area contributed by atoms with Crippen LogP contribution in [0.5, 0.6) is 0 Å². The predicted octanol–water partition coefficient (Wildman–Crippen LogP) is 0.583. The first kappa shape index (κ1) is 17.0. The molecule has 5 nitrogen and oxygen atoms in total. The highest BCUT2D eigenvalue weighted by molar-refractivity contribution is 6.75. The molecule has 0 N–H and O–H groups in total. The van der Waals surface area contributed by atoms with Gasteiger partial charge in [0, 0.05) is 6.42 Å². The van der Waals surface area contributed by atoms with E-state index in [0.717, 1.165) is 25.3 Å². The predicted molar refractivity (Wildman–Crippen MR) is 76.8 cm³/mol. The summed E-state index contributed by atoms with van der Waals surface area (Å²) in [6.45, 7) is 2.38. The fourth-order valence-electron chi connectivity index (χ4n) is 1.75. The van der Waals surface area contributed by atoms with Crippen molar-refractivity contribution < 1.29 is 26.3 Å². The quantitative estimate of drug-likeness (QED) is 0.561. The average molecular weight is 327 g/mol. The molecule has 2 fully saturated rings. The molecule has 9 heteroatoms. The van der Waals surface area contributed by atoms with Crippen LogP contribution in [0, 0.1) is 0 Å². The molecule has 0 unspecified atom stereocenters. The molecule has 0 atom stereocenters. The van der Waals surface area contributed by atoms with E-state index in [1.54, 1.807) is 0 Å². The van der Waals surface area contributed by atoms with Gasteiger partial charge >= 0.3 is 14.5 Å². The summed E-state index contributed by atoms with van der Waals surface area (Å²) in [7, 11) is -3.39. The van der Waals surface area contributed by atoms with Gasteiger partial charge in [-0.15, -0.1) is 0 Å². The minimum atomic E-state index is -1.90. The van der Waals surface area contributed by atoms with Crippen molar-refractivity contribution in [2.45, 2.75) is 44.7 Å². The summed E-state index contributed by atoms with van der Waals surface area (Å²) in [5, 5.41) is 0. The van der Waals surface area contributed by atoms with Gasteiger partial charge in [-0.25, -0.2) is 0 Å². The van der Waals surface area contributed by atoms with Gasteiger partial charge in [0.05, 0.1) is 13.3 Å². The van der Waals surface area contributed by atoms with Gasteiger partial charge in [-0.05, 0) is 38.3 Å². The highest BCUT2D eigenvalue weighted by Gasteiger charge is 2.33. The number of esters is 1. The molecule has 0 amide bonds. The SMILES string of the molecule is C[Si]1(CCCF)O[SiH2]O[SiH2]O1.O=C1CCCCCO1. The summed E-state index contributed by atoms with van der Waals surface area (Å²) < 4.78 is 32.6. The molecule has 2 rings (SSSR count). The van der Waals surface area contributed by atoms with Crippen LogP contribution in [-0.2, 0) is 21.9 Å². The van der Waals surface area contributed by atoms with Crippen molar-refractivity contribution in [1.29, 1.82) is 0 Å². The standard InChI is InChI=1S/C6H10O2.C4H13FO3Si3/c7-6-4-2-1-3-5-8-6;1-11(4-2-3-5)7-9-6-10-8-11/h1-5H2;2-4,9-10H2,1H3. The summed E-state index contributed by atoms with van der Waals surface area (Å²) in [5.41, 5.74) is 0. The molecule has 0 aromatic rings. The molecular weight excluding hydrogens is 303 g/mol. The van der Waals surface area contributed by atoms with Crippen LogP contribution in [0.15, 0.2) is 0 Å². The van der Waals surface area contributed by atoms with Gasteiger partial charge in [-0.3, -0.25) is 9.18 Å². The van der Waals surface area contributed by atoms with E-state index < -0.39 is 28.6 Å². The van der Waals surface area contributed by atoms with Crippen LogP contribution in [0.2, 0.25) is 12.6 Å². The molecule has 2 aliphatic heterocycles. The van der Waals surface area contributed by atoms with Crippen molar-refractivity contribution in [2.24, 2.45) is 0 Å². The van der Waals surface area contributed by atoms with Crippen LogP contribution in [0.25, 0.3) is 0 Å². The molecular formula is C10H23FO5Si3. The van der Waals surface area contributed by atoms with Crippen LogP contribution >= 0.6 is 0 Å². The Balaban J connectivity index is 0.000000200. The molecule has 19 heavy (non-hydrogen) atoms.